The number of benzene rings is 1. The Bertz CT molecular complexity index is 380. The van der Waals surface area contributed by atoms with Crippen LogP contribution in [0.3, 0.4) is 0 Å². The maximum Gasteiger partial charge on any atom is 0.123 e. The summed E-state index contributed by atoms with van der Waals surface area (Å²) in [5.74, 6) is 0.522. The number of nitrogens with two attached hydrogens (primary N) is 1. The van der Waals surface area contributed by atoms with Crippen molar-refractivity contribution >= 4 is 0 Å². The van der Waals surface area contributed by atoms with Gasteiger partial charge in [-0.25, -0.2) is 4.39 Å². The van der Waals surface area contributed by atoms with Gasteiger partial charge in [0.25, 0.3) is 0 Å². The third-order valence-corrected chi connectivity index (χ3v) is 3.69. The maximum atomic E-state index is 13.3. The second kappa shape index (κ2) is 5.15. The highest BCUT2D eigenvalue weighted by Gasteiger charge is 2.31. The minimum absolute atomic E-state index is 0.144. The monoisotopic (exact) mass is 236 g/mol. The molecule has 1 fully saturated rings. The van der Waals surface area contributed by atoms with Crippen LogP contribution in [0.25, 0.3) is 0 Å². The summed E-state index contributed by atoms with van der Waals surface area (Å²) in [6.07, 6.45) is 1.20. The Morgan fingerprint density at radius 2 is 2.24 bits per heavy atom. The molecule has 1 saturated heterocycles. The van der Waals surface area contributed by atoms with E-state index in [0.29, 0.717) is 18.5 Å². The second-order valence-electron chi connectivity index (χ2n) is 5.19. The summed E-state index contributed by atoms with van der Waals surface area (Å²) in [7, 11) is 0. The number of likely N-dealkylation sites (tertiary alicyclic amines) is 1. The van der Waals surface area contributed by atoms with Gasteiger partial charge in [0.05, 0.1) is 0 Å². The maximum absolute atomic E-state index is 13.3. The average Bonchev–Trinajstić information content (AvgIpc) is 2.59. The first-order valence-electron chi connectivity index (χ1n) is 6.33. The lowest BCUT2D eigenvalue weighted by atomic mass is 10.0. The van der Waals surface area contributed by atoms with Crippen LogP contribution in [0.5, 0.6) is 0 Å². The standard InChI is InChI=1S/C14H21FN2/c1-10-6-11(2)17(9-10)14(8-16)12-4-3-5-13(15)7-12/h3-5,7,10-11,14H,6,8-9,16H2,1-2H3. The lowest BCUT2D eigenvalue weighted by molar-refractivity contribution is 0.192. The van der Waals surface area contributed by atoms with Gasteiger partial charge in [0.1, 0.15) is 5.82 Å². The fraction of sp³-hybridized carbons (Fsp3) is 0.571. The molecule has 0 aromatic heterocycles. The fourth-order valence-electron chi connectivity index (χ4n) is 2.94. The lowest BCUT2D eigenvalue weighted by Gasteiger charge is -2.31. The molecule has 0 bridgehead atoms. The Balaban J connectivity index is 2.21. The molecule has 2 N–H and O–H groups in total. The van der Waals surface area contributed by atoms with E-state index in [2.05, 4.69) is 18.7 Å². The molecule has 94 valence electrons. The molecule has 1 aliphatic heterocycles. The minimum Gasteiger partial charge on any atom is -0.329 e. The van der Waals surface area contributed by atoms with Crippen LogP contribution in [-0.4, -0.2) is 24.0 Å². The lowest BCUT2D eigenvalue weighted by Crippen LogP contribution is -2.36. The van der Waals surface area contributed by atoms with Crippen molar-refractivity contribution in [2.24, 2.45) is 11.7 Å². The molecule has 1 aliphatic rings. The first kappa shape index (κ1) is 12.5. The molecule has 0 aliphatic carbocycles. The number of hydrogen-bond acceptors (Lipinski definition) is 2. The van der Waals surface area contributed by atoms with Gasteiger partial charge < -0.3 is 5.73 Å². The van der Waals surface area contributed by atoms with Crippen LogP contribution in [-0.2, 0) is 0 Å². The van der Waals surface area contributed by atoms with Crippen molar-refractivity contribution in [3.8, 4) is 0 Å². The molecular formula is C14H21FN2. The largest absolute Gasteiger partial charge is 0.329 e. The molecule has 3 unspecified atom stereocenters. The molecule has 1 aromatic carbocycles. The van der Waals surface area contributed by atoms with Crippen LogP contribution in [0.2, 0.25) is 0 Å². The molecule has 1 heterocycles. The van der Waals surface area contributed by atoms with Crippen LogP contribution < -0.4 is 5.73 Å². The third-order valence-electron chi connectivity index (χ3n) is 3.69. The van der Waals surface area contributed by atoms with Gasteiger partial charge in [-0.1, -0.05) is 19.1 Å². The summed E-state index contributed by atoms with van der Waals surface area (Å²) in [5.41, 5.74) is 6.87. The smallest absolute Gasteiger partial charge is 0.123 e. The zero-order valence-electron chi connectivity index (χ0n) is 10.6. The van der Waals surface area contributed by atoms with E-state index in [1.54, 1.807) is 12.1 Å². The second-order valence-corrected chi connectivity index (χ2v) is 5.19. The topological polar surface area (TPSA) is 29.3 Å². The van der Waals surface area contributed by atoms with Crippen molar-refractivity contribution in [2.45, 2.75) is 32.4 Å². The first-order valence-corrected chi connectivity index (χ1v) is 6.33. The van der Waals surface area contributed by atoms with Gasteiger partial charge in [0, 0.05) is 25.2 Å². The summed E-state index contributed by atoms with van der Waals surface area (Å²) in [6, 6.07) is 7.49. The molecule has 3 atom stereocenters. The van der Waals surface area contributed by atoms with Gasteiger partial charge in [-0.2, -0.15) is 0 Å². The summed E-state index contributed by atoms with van der Waals surface area (Å²) in [4.78, 5) is 2.40. The molecule has 0 radical (unpaired) electrons. The molecule has 2 nitrogen and oxygen atoms in total. The third kappa shape index (κ3) is 2.67. The van der Waals surface area contributed by atoms with E-state index >= 15 is 0 Å². The van der Waals surface area contributed by atoms with E-state index in [1.807, 2.05) is 6.07 Å². The molecule has 17 heavy (non-hydrogen) atoms. The molecule has 2 rings (SSSR count). The summed E-state index contributed by atoms with van der Waals surface area (Å²) in [6.45, 7) is 6.08. The zero-order valence-corrected chi connectivity index (χ0v) is 10.6. The van der Waals surface area contributed by atoms with Crippen LogP contribution in [0.15, 0.2) is 24.3 Å². The quantitative estimate of drug-likeness (QED) is 0.874. The predicted molar refractivity (Wildman–Crippen MR) is 68.1 cm³/mol. The van der Waals surface area contributed by atoms with Crippen molar-refractivity contribution in [3.05, 3.63) is 35.6 Å². The van der Waals surface area contributed by atoms with E-state index in [1.165, 1.54) is 12.5 Å². The minimum atomic E-state index is -0.180. The van der Waals surface area contributed by atoms with E-state index in [0.717, 1.165) is 12.1 Å². The van der Waals surface area contributed by atoms with Crippen molar-refractivity contribution in [1.29, 1.82) is 0 Å². The van der Waals surface area contributed by atoms with Crippen molar-refractivity contribution < 1.29 is 4.39 Å². The van der Waals surface area contributed by atoms with E-state index in [-0.39, 0.29) is 11.9 Å². The highest BCUT2D eigenvalue weighted by Crippen LogP contribution is 2.31. The molecule has 1 aromatic rings. The predicted octanol–water partition coefficient (Wildman–Crippen LogP) is 2.56. The van der Waals surface area contributed by atoms with Crippen LogP contribution in [0, 0.1) is 11.7 Å². The molecule has 0 amide bonds. The summed E-state index contributed by atoms with van der Waals surface area (Å²) in [5, 5.41) is 0. The van der Waals surface area contributed by atoms with E-state index in [9.17, 15) is 4.39 Å². The van der Waals surface area contributed by atoms with E-state index < -0.39 is 0 Å². The van der Waals surface area contributed by atoms with Gasteiger partial charge in [-0.15, -0.1) is 0 Å². The molecule has 0 saturated carbocycles. The Labute approximate surface area is 103 Å². The SMILES string of the molecule is CC1CC(C)N(C(CN)c2cccc(F)c2)C1. The number of hydrogen-bond donors (Lipinski definition) is 1. The van der Waals surface area contributed by atoms with Crippen molar-refractivity contribution in [1.82, 2.24) is 4.90 Å². The van der Waals surface area contributed by atoms with Gasteiger partial charge >= 0.3 is 0 Å². The molecule has 0 spiro atoms. The Morgan fingerprint density at radius 3 is 2.76 bits per heavy atom. The molecular weight excluding hydrogens is 215 g/mol. The highest BCUT2D eigenvalue weighted by molar-refractivity contribution is 5.21. The fourth-order valence-corrected chi connectivity index (χ4v) is 2.94. The van der Waals surface area contributed by atoms with Crippen molar-refractivity contribution in [2.75, 3.05) is 13.1 Å². The van der Waals surface area contributed by atoms with Crippen LogP contribution >= 0.6 is 0 Å². The van der Waals surface area contributed by atoms with Gasteiger partial charge in [-0.3, -0.25) is 4.90 Å². The van der Waals surface area contributed by atoms with E-state index in [4.69, 9.17) is 5.73 Å². The Morgan fingerprint density at radius 1 is 1.47 bits per heavy atom. The van der Waals surface area contributed by atoms with Gasteiger partial charge in [-0.05, 0) is 37.0 Å². The van der Waals surface area contributed by atoms with Gasteiger partial charge in [0.15, 0.2) is 0 Å². The average molecular weight is 236 g/mol. The highest BCUT2D eigenvalue weighted by atomic mass is 19.1. The summed E-state index contributed by atoms with van der Waals surface area (Å²) < 4.78 is 13.3. The number of halogens is 1. The van der Waals surface area contributed by atoms with Gasteiger partial charge in [0.2, 0.25) is 0 Å². The first-order chi connectivity index (χ1) is 8.11. The van der Waals surface area contributed by atoms with Crippen LogP contribution in [0.4, 0.5) is 4.39 Å². The Kier molecular flexibility index (Phi) is 3.79. The normalized spacial score (nSPS) is 27.3. The summed E-state index contributed by atoms with van der Waals surface area (Å²) >= 11 is 0. The number of rotatable bonds is 3. The number of nitrogens with zero attached hydrogens (tertiary/aromatic N) is 1. The van der Waals surface area contributed by atoms with Crippen LogP contribution in [0.1, 0.15) is 31.9 Å². The van der Waals surface area contributed by atoms with Crippen molar-refractivity contribution in [3.63, 3.8) is 0 Å². The Hall–Kier alpha value is -0.930. The zero-order chi connectivity index (χ0) is 12.4. The molecule has 3 heteroatoms.